The molecule has 0 radical (unpaired) electrons. The number of nitrogen functional groups attached to an aromatic ring is 1. The molecule has 0 saturated carbocycles. The quantitative estimate of drug-likeness (QED) is 0.625. The molecule has 0 spiro atoms. The lowest BCUT2D eigenvalue weighted by atomic mass is 10.2. The third-order valence-corrected chi connectivity index (χ3v) is 4.07. The lowest BCUT2D eigenvalue weighted by Crippen LogP contribution is -2.14. The molecule has 0 aliphatic heterocycles. The van der Waals surface area contributed by atoms with Crippen LogP contribution in [0.15, 0.2) is 16.6 Å². The van der Waals surface area contributed by atoms with Crippen LogP contribution in [0.25, 0.3) is 0 Å². The van der Waals surface area contributed by atoms with E-state index >= 15 is 0 Å². The largest absolute Gasteiger partial charge is 0.494 e. The highest BCUT2D eigenvalue weighted by molar-refractivity contribution is 9.10. The van der Waals surface area contributed by atoms with Crippen LogP contribution in [0.4, 0.5) is 8.78 Å². The van der Waals surface area contributed by atoms with Crippen LogP contribution >= 0.6 is 15.9 Å². The third kappa shape index (κ3) is 3.11. The average molecular weight is 373 g/mol. The Morgan fingerprint density at radius 3 is 2.45 bits per heavy atom. The highest BCUT2D eigenvalue weighted by atomic mass is 79.9. The van der Waals surface area contributed by atoms with Crippen molar-refractivity contribution in [3.05, 3.63) is 45.2 Å². The molecule has 0 atom stereocenters. The van der Waals surface area contributed by atoms with E-state index in [2.05, 4.69) is 21.0 Å². The van der Waals surface area contributed by atoms with E-state index in [9.17, 15) is 8.78 Å². The van der Waals surface area contributed by atoms with Gasteiger partial charge in [0.05, 0.1) is 23.3 Å². The molecule has 0 bridgehead atoms. The summed E-state index contributed by atoms with van der Waals surface area (Å²) in [6, 6.07) is 2.28. The molecule has 1 heterocycles. The van der Waals surface area contributed by atoms with Crippen LogP contribution in [0.3, 0.4) is 0 Å². The minimum absolute atomic E-state index is 0.109. The van der Waals surface area contributed by atoms with Crippen LogP contribution < -0.4 is 10.5 Å². The fraction of sp³-hybridized carbons (Fsp3) is 0.286. The summed E-state index contributed by atoms with van der Waals surface area (Å²) in [6.45, 7) is 3.67. The fourth-order valence-electron chi connectivity index (χ4n) is 1.98. The molecule has 0 unspecified atom stereocenters. The van der Waals surface area contributed by atoms with Gasteiger partial charge in [-0.3, -0.25) is 10.1 Å². The van der Waals surface area contributed by atoms with Crippen molar-refractivity contribution < 1.29 is 13.5 Å². The molecule has 0 amide bonds. The number of hydrogen-bond donors (Lipinski definition) is 2. The van der Waals surface area contributed by atoms with Gasteiger partial charge in [0.25, 0.3) is 0 Å². The van der Waals surface area contributed by atoms with E-state index in [0.717, 1.165) is 12.1 Å². The number of ether oxygens (including phenoxy) is 1. The maximum atomic E-state index is 14.1. The number of amidine groups is 1. The molecule has 2 aromatic rings. The first kappa shape index (κ1) is 16.4. The third-order valence-electron chi connectivity index (χ3n) is 3.12. The van der Waals surface area contributed by atoms with Gasteiger partial charge in [-0.15, -0.1) is 0 Å². The Labute approximate surface area is 134 Å². The van der Waals surface area contributed by atoms with Crippen molar-refractivity contribution in [3.8, 4) is 5.75 Å². The lowest BCUT2D eigenvalue weighted by molar-refractivity contribution is 0.335. The number of hydrogen-bond acceptors (Lipinski definition) is 3. The molecule has 8 heteroatoms. The van der Waals surface area contributed by atoms with Crippen LogP contribution in [-0.4, -0.2) is 22.2 Å². The smallest absolute Gasteiger partial charge is 0.144 e. The molecule has 0 aliphatic carbocycles. The van der Waals surface area contributed by atoms with Crippen LogP contribution in [0.1, 0.15) is 23.9 Å². The van der Waals surface area contributed by atoms with Crippen LogP contribution in [-0.2, 0) is 6.54 Å². The summed E-state index contributed by atoms with van der Waals surface area (Å²) in [5, 5.41) is 11.5. The number of nitrogens with two attached hydrogens (primary N) is 1. The molecule has 2 rings (SSSR count). The summed E-state index contributed by atoms with van der Waals surface area (Å²) in [4.78, 5) is 0. The van der Waals surface area contributed by atoms with E-state index in [1.54, 1.807) is 13.8 Å². The Hall–Kier alpha value is -1.96. The zero-order chi connectivity index (χ0) is 16.4. The zero-order valence-electron chi connectivity index (χ0n) is 12.1. The van der Waals surface area contributed by atoms with Gasteiger partial charge >= 0.3 is 0 Å². The summed E-state index contributed by atoms with van der Waals surface area (Å²) in [7, 11) is 0. The lowest BCUT2D eigenvalue weighted by Gasteiger charge is -2.10. The van der Waals surface area contributed by atoms with Crippen molar-refractivity contribution in [2.45, 2.75) is 20.4 Å². The van der Waals surface area contributed by atoms with E-state index < -0.39 is 11.6 Å². The summed E-state index contributed by atoms with van der Waals surface area (Å²) < 4.78 is 35.2. The van der Waals surface area contributed by atoms with E-state index in [4.69, 9.17) is 15.9 Å². The molecule has 0 aliphatic rings. The van der Waals surface area contributed by atoms with Crippen molar-refractivity contribution in [1.29, 1.82) is 5.41 Å². The second-order valence-electron chi connectivity index (χ2n) is 4.62. The van der Waals surface area contributed by atoms with Gasteiger partial charge in [-0.25, -0.2) is 8.78 Å². The molecule has 22 heavy (non-hydrogen) atoms. The number of nitrogens with zero attached hydrogens (tertiary/aromatic N) is 2. The van der Waals surface area contributed by atoms with Crippen molar-refractivity contribution in [1.82, 2.24) is 9.78 Å². The molecule has 1 aromatic heterocycles. The Bertz CT molecular complexity index is 707. The van der Waals surface area contributed by atoms with Crippen molar-refractivity contribution in [2.24, 2.45) is 5.73 Å². The zero-order valence-corrected chi connectivity index (χ0v) is 13.7. The second-order valence-corrected chi connectivity index (χ2v) is 5.41. The summed E-state index contributed by atoms with van der Waals surface area (Å²) in [5.74, 6) is -1.50. The summed E-state index contributed by atoms with van der Waals surface area (Å²) in [6.07, 6.45) is 0. The second kappa shape index (κ2) is 6.43. The molecule has 5 nitrogen and oxygen atoms in total. The summed E-state index contributed by atoms with van der Waals surface area (Å²) >= 11 is 3.27. The van der Waals surface area contributed by atoms with Gasteiger partial charge in [0.15, 0.2) is 0 Å². The number of rotatable bonds is 5. The van der Waals surface area contributed by atoms with Gasteiger partial charge in [-0.1, -0.05) is 0 Å². The van der Waals surface area contributed by atoms with Crippen molar-refractivity contribution in [3.63, 3.8) is 0 Å². The van der Waals surface area contributed by atoms with Crippen LogP contribution in [0.2, 0.25) is 0 Å². The van der Waals surface area contributed by atoms with E-state index in [-0.39, 0.29) is 29.4 Å². The average Bonchev–Trinajstić information content (AvgIpc) is 2.71. The maximum absolute atomic E-state index is 14.1. The van der Waals surface area contributed by atoms with Gasteiger partial charge < -0.3 is 10.5 Å². The van der Waals surface area contributed by atoms with Gasteiger partial charge in [0.2, 0.25) is 0 Å². The standard InChI is InChI=1S/C14H15BrF2N4O/c1-3-22-8-4-10(16)9(11(17)5-8)6-21-7(2)12(15)13(20-21)14(18)19/h4-5H,3,6H2,1-2H3,(H3,18,19). The Kier molecular flexibility index (Phi) is 4.80. The van der Waals surface area contributed by atoms with Gasteiger partial charge in [-0.05, 0) is 29.8 Å². The Morgan fingerprint density at radius 1 is 1.41 bits per heavy atom. The first-order valence-electron chi connectivity index (χ1n) is 6.53. The number of nitrogens with one attached hydrogen (secondary N) is 1. The highest BCUT2D eigenvalue weighted by Crippen LogP contribution is 2.25. The first-order chi connectivity index (χ1) is 10.3. The number of benzene rings is 1. The van der Waals surface area contributed by atoms with E-state index in [1.807, 2.05) is 0 Å². The summed E-state index contributed by atoms with van der Waals surface area (Å²) in [5.41, 5.74) is 6.15. The van der Waals surface area contributed by atoms with Crippen molar-refractivity contribution >= 4 is 21.8 Å². The van der Waals surface area contributed by atoms with Gasteiger partial charge in [0, 0.05) is 17.7 Å². The molecule has 3 N–H and O–H groups in total. The maximum Gasteiger partial charge on any atom is 0.144 e. The predicted molar refractivity (Wildman–Crippen MR) is 82.3 cm³/mol. The Balaban J connectivity index is 2.39. The van der Waals surface area contributed by atoms with Crippen LogP contribution in [0, 0.1) is 24.0 Å². The molecule has 0 saturated heterocycles. The van der Waals surface area contributed by atoms with Gasteiger partial charge in [0.1, 0.15) is 28.9 Å². The minimum Gasteiger partial charge on any atom is -0.494 e. The topological polar surface area (TPSA) is 76.9 Å². The fourth-order valence-corrected chi connectivity index (χ4v) is 2.48. The van der Waals surface area contributed by atoms with Crippen molar-refractivity contribution in [2.75, 3.05) is 6.61 Å². The minimum atomic E-state index is -0.709. The molecular formula is C14H15BrF2N4O. The monoisotopic (exact) mass is 372 g/mol. The van der Waals surface area contributed by atoms with E-state index in [0.29, 0.717) is 16.8 Å². The highest BCUT2D eigenvalue weighted by Gasteiger charge is 2.18. The van der Waals surface area contributed by atoms with E-state index in [1.165, 1.54) is 4.68 Å². The predicted octanol–water partition coefficient (Wildman–Crippen LogP) is 2.96. The van der Waals surface area contributed by atoms with Crippen LogP contribution in [0.5, 0.6) is 5.75 Å². The Morgan fingerprint density at radius 2 is 2.00 bits per heavy atom. The number of halogens is 3. The normalized spacial score (nSPS) is 10.8. The molecular weight excluding hydrogens is 358 g/mol. The first-order valence-corrected chi connectivity index (χ1v) is 7.32. The molecule has 1 aromatic carbocycles. The molecule has 0 fully saturated rings. The van der Waals surface area contributed by atoms with Gasteiger partial charge in [-0.2, -0.15) is 5.10 Å². The SMILES string of the molecule is CCOc1cc(F)c(Cn2nc(C(=N)N)c(Br)c2C)c(F)c1. The number of aromatic nitrogens is 2. The molecule has 118 valence electrons.